The topological polar surface area (TPSA) is 6.48 Å². The van der Waals surface area contributed by atoms with Crippen LogP contribution in [0.4, 0.5) is 0 Å². The smallest absolute Gasteiger partial charge is 0.0890 e. The van der Waals surface area contributed by atoms with E-state index >= 15 is 0 Å². The fourth-order valence-corrected chi connectivity index (χ4v) is 0.794. The van der Waals surface area contributed by atoms with Crippen LogP contribution in [-0.2, 0) is 0 Å². The van der Waals surface area contributed by atoms with E-state index < -0.39 is 0 Å². The molecule has 0 unspecified atom stereocenters. The predicted molar refractivity (Wildman–Crippen MR) is 53.7 cm³/mol. The van der Waals surface area contributed by atoms with Crippen LogP contribution in [-0.4, -0.2) is 35.8 Å². The Labute approximate surface area is 75.3 Å². The summed E-state index contributed by atoms with van der Waals surface area (Å²) in [7, 11) is 2.08. The van der Waals surface area contributed by atoms with Gasteiger partial charge in [0.15, 0.2) is 0 Å². The van der Waals surface area contributed by atoms with E-state index in [9.17, 15) is 0 Å². The molecule has 66 valence electrons. The maximum atomic E-state index is 3.79. The van der Waals surface area contributed by atoms with Crippen LogP contribution in [0.5, 0.6) is 0 Å². The molecule has 0 spiro atoms. The van der Waals surface area contributed by atoms with Gasteiger partial charge in [-0.05, 0) is 12.7 Å². The van der Waals surface area contributed by atoms with Crippen molar-refractivity contribution in [3.63, 3.8) is 0 Å². The Morgan fingerprint density at radius 1 is 1.36 bits per heavy atom. The average Bonchev–Trinajstić information content (AvgIpc) is 2.37. The van der Waals surface area contributed by atoms with Gasteiger partial charge in [-0.3, -0.25) is 0 Å². The summed E-state index contributed by atoms with van der Waals surface area (Å²) in [5.41, 5.74) is 0. The summed E-state index contributed by atoms with van der Waals surface area (Å²) in [4.78, 5) is 4.41. The molecule has 3 heteroatoms. The SMILES string of the molecule is CCN1C=CN(C)C1.CCS. The molecule has 0 N–H and O–H groups in total. The molecular weight excluding hydrogens is 156 g/mol. The van der Waals surface area contributed by atoms with Crippen molar-refractivity contribution in [1.82, 2.24) is 9.80 Å². The summed E-state index contributed by atoms with van der Waals surface area (Å²) in [6.07, 6.45) is 4.20. The van der Waals surface area contributed by atoms with E-state index in [0.29, 0.717) is 0 Å². The van der Waals surface area contributed by atoms with Crippen molar-refractivity contribution >= 4 is 12.6 Å². The van der Waals surface area contributed by atoms with Gasteiger partial charge in [0, 0.05) is 26.0 Å². The first-order chi connectivity index (χ1) is 5.24. The largest absolute Gasteiger partial charge is 0.362 e. The lowest BCUT2D eigenvalue weighted by atomic mass is 10.6. The highest BCUT2D eigenvalue weighted by atomic mass is 32.1. The van der Waals surface area contributed by atoms with Crippen LogP contribution in [0.1, 0.15) is 13.8 Å². The fraction of sp³-hybridized carbons (Fsp3) is 0.750. The lowest BCUT2D eigenvalue weighted by molar-refractivity contribution is 0.308. The van der Waals surface area contributed by atoms with Crippen molar-refractivity contribution in [2.75, 3.05) is 26.0 Å². The van der Waals surface area contributed by atoms with Gasteiger partial charge in [-0.25, -0.2) is 0 Å². The molecule has 1 heterocycles. The monoisotopic (exact) mass is 174 g/mol. The van der Waals surface area contributed by atoms with E-state index in [0.717, 1.165) is 19.0 Å². The molecule has 0 aromatic heterocycles. The molecule has 0 radical (unpaired) electrons. The van der Waals surface area contributed by atoms with Crippen LogP contribution in [0, 0.1) is 0 Å². The molecule has 1 aliphatic heterocycles. The van der Waals surface area contributed by atoms with E-state index in [1.165, 1.54) is 0 Å². The molecule has 11 heavy (non-hydrogen) atoms. The summed E-state index contributed by atoms with van der Waals surface area (Å²) in [5.74, 6) is 0.944. The molecule has 0 amide bonds. The predicted octanol–water partition coefficient (Wildman–Crippen LogP) is 1.62. The van der Waals surface area contributed by atoms with Crippen molar-refractivity contribution in [2.24, 2.45) is 0 Å². The second-order valence-electron chi connectivity index (χ2n) is 2.42. The van der Waals surface area contributed by atoms with Crippen molar-refractivity contribution in [1.29, 1.82) is 0 Å². The number of rotatable bonds is 1. The first-order valence-corrected chi connectivity index (χ1v) is 4.61. The van der Waals surface area contributed by atoms with E-state index in [4.69, 9.17) is 0 Å². The van der Waals surface area contributed by atoms with Crippen molar-refractivity contribution in [2.45, 2.75) is 13.8 Å². The molecule has 1 rings (SSSR count). The number of nitrogens with zero attached hydrogens (tertiary/aromatic N) is 2. The lowest BCUT2D eigenvalue weighted by Crippen LogP contribution is -2.21. The number of thiol groups is 1. The maximum absolute atomic E-state index is 3.79. The molecule has 0 aromatic carbocycles. The second-order valence-corrected chi connectivity index (χ2v) is 3.05. The molecule has 0 fully saturated rings. The number of hydrogen-bond donors (Lipinski definition) is 1. The highest BCUT2D eigenvalue weighted by Gasteiger charge is 2.03. The van der Waals surface area contributed by atoms with Gasteiger partial charge in [0.2, 0.25) is 0 Å². The third kappa shape index (κ3) is 5.01. The minimum Gasteiger partial charge on any atom is -0.362 e. The van der Waals surface area contributed by atoms with Crippen LogP contribution in [0.25, 0.3) is 0 Å². The minimum absolute atomic E-state index is 0.944. The zero-order valence-corrected chi connectivity index (χ0v) is 8.51. The first kappa shape index (κ1) is 10.7. The molecule has 0 aliphatic carbocycles. The normalized spacial score (nSPS) is 14.9. The first-order valence-electron chi connectivity index (χ1n) is 3.98. The molecule has 0 saturated carbocycles. The molecule has 2 nitrogen and oxygen atoms in total. The summed E-state index contributed by atoms with van der Waals surface area (Å²) in [6, 6.07) is 0. The lowest BCUT2D eigenvalue weighted by Gasteiger charge is -2.14. The molecular formula is C8H18N2S. The average molecular weight is 174 g/mol. The molecule has 0 aromatic rings. The van der Waals surface area contributed by atoms with E-state index in [-0.39, 0.29) is 0 Å². The Hall–Kier alpha value is -0.310. The standard InChI is InChI=1S/C6H12N2.C2H6S/c1-3-8-5-4-7(2)6-8;1-2-3/h4-5H,3,6H2,1-2H3;3H,2H2,1H3. The van der Waals surface area contributed by atoms with Gasteiger partial charge >= 0.3 is 0 Å². The Morgan fingerprint density at radius 3 is 2.09 bits per heavy atom. The van der Waals surface area contributed by atoms with E-state index in [2.05, 4.69) is 48.8 Å². The van der Waals surface area contributed by atoms with Crippen LogP contribution in [0.3, 0.4) is 0 Å². The van der Waals surface area contributed by atoms with Gasteiger partial charge in [-0.15, -0.1) is 0 Å². The minimum atomic E-state index is 0.944. The third-order valence-electron chi connectivity index (χ3n) is 1.34. The zero-order chi connectivity index (χ0) is 8.69. The van der Waals surface area contributed by atoms with Gasteiger partial charge < -0.3 is 9.80 Å². The van der Waals surface area contributed by atoms with E-state index in [1.54, 1.807) is 0 Å². The highest BCUT2D eigenvalue weighted by molar-refractivity contribution is 7.80. The van der Waals surface area contributed by atoms with Gasteiger partial charge in [0.1, 0.15) is 0 Å². The highest BCUT2D eigenvalue weighted by Crippen LogP contribution is 2.00. The number of hydrogen-bond acceptors (Lipinski definition) is 3. The van der Waals surface area contributed by atoms with Gasteiger partial charge in [-0.1, -0.05) is 6.92 Å². The van der Waals surface area contributed by atoms with Crippen LogP contribution < -0.4 is 0 Å². The van der Waals surface area contributed by atoms with Crippen LogP contribution in [0.15, 0.2) is 12.4 Å². The molecule has 0 saturated heterocycles. The van der Waals surface area contributed by atoms with Crippen molar-refractivity contribution < 1.29 is 0 Å². The van der Waals surface area contributed by atoms with Crippen LogP contribution in [0.2, 0.25) is 0 Å². The summed E-state index contributed by atoms with van der Waals surface area (Å²) in [5, 5.41) is 0. The Morgan fingerprint density at radius 2 is 1.91 bits per heavy atom. The molecule has 0 bridgehead atoms. The van der Waals surface area contributed by atoms with Crippen molar-refractivity contribution in [3.8, 4) is 0 Å². The molecule has 0 atom stereocenters. The summed E-state index contributed by atoms with van der Waals surface area (Å²) in [6.45, 7) is 6.31. The van der Waals surface area contributed by atoms with Gasteiger partial charge in [0.25, 0.3) is 0 Å². The Balaban J connectivity index is 0.000000292. The van der Waals surface area contributed by atoms with Gasteiger partial charge in [-0.2, -0.15) is 12.6 Å². The fourth-order valence-electron chi connectivity index (χ4n) is 0.794. The quantitative estimate of drug-likeness (QED) is 0.604. The maximum Gasteiger partial charge on any atom is 0.0890 e. The molecule has 1 aliphatic rings. The zero-order valence-electron chi connectivity index (χ0n) is 7.62. The third-order valence-corrected chi connectivity index (χ3v) is 1.34. The summed E-state index contributed by atoms with van der Waals surface area (Å²) < 4.78 is 0. The van der Waals surface area contributed by atoms with Crippen LogP contribution >= 0.6 is 12.6 Å². The summed E-state index contributed by atoms with van der Waals surface area (Å²) >= 11 is 3.79. The second kappa shape index (κ2) is 6.40. The Bertz CT molecular complexity index is 115. The van der Waals surface area contributed by atoms with Crippen molar-refractivity contribution in [3.05, 3.63) is 12.4 Å². The Kier molecular flexibility index (Phi) is 6.22. The van der Waals surface area contributed by atoms with Gasteiger partial charge in [0.05, 0.1) is 6.67 Å². The van der Waals surface area contributed by atoms with E-state index in [1.807, 2.05) is 6.92 Å².